The topological polar surface area (TPSA) is 73.8 Å². The molecule has 0 aliphatic heterocycles. The summed E-state index contributed by atoms with van der Waals surface area (Å²) in [6, 6.07) is 19.8. The molecule has 0 amide bonds. The Hall–Kier alpha value is -3.51. The van der Waals surface area contributed by atoms with Crippen LogP contribution >= 0.6 is 0 Å². The molecule has 0 saturated carbocycles. The van der Waals surface area contributed by atoms with Crippen LogP contribution in [0.2, 0.25) is 0 Å². The molecule has 0 unspecified atom stereocenters. The molecule has 0 spiro atoms. The maximum atomic E-state index is 13.3. The van der Waals surface area contributed by atoms with Crippen LogP contribution in [0.3, 0.4) is 0 Å². The van der Waals surface area contributed by atoms with Crippen molar-refractivity contribution in [1.29, 1.82) is 0 Å². The Bertz CT molecular complexity index is 1090. The van der Waals surface area contributed by atoms with Gasteiger partial charge < -0.3 is 10.4 Å². The number of anilines is 1. The molecule has 1 atom stereocenters. The fourth-order valence-electron chi connectivity index (χ4n) is 3.32. The van der Waals surface area contributed by atoms with Gasteiger partial charge in [0.05, 0.1) is 11.9 Å². The lowest BCUT2D eigenvalue weighted by Crippen LogP contribution is -2.37. The summed E-state index contributed by atoms with van der Waals surface area (Å²) >= 11 is 0. The molecule has 0 bridgehead atoms. The maximum Gasteiger partial charge on any atom is 0.137 e. The summed E-state index contributed by atoms with van der Waals surface area (Å²) in [5.41, 5.74) is 3.23. The molecule has 0 saturated heterocycles. The first-order valence-corrected chi connectivity index (χ1v) is 9.30. The number of pyridine rings is 1. The number of aliphatic hydroxyl groups is 1. The molecule has 2 aromatic carbocycles. The van der Waals surface area contributed by atoms with Crippen LogP contribution in [0.4, 0.5) is 10.2 Å². The summed E-state index contributed by atoms with van der Waals surface area (Å²) in [7, 11) is 0. The van der Waals surface area contributed by atoms with Crippen LogP contribution < -0.4 is 5.32 Å². The number of halogens is 1. The molecule has 0 aliphatic rings. The van der Waals surface area contributed by atoms with Gasteiger partial charge in [0.25, 0.3) is 0 Å². The van der Waals surface area contributed by atoms with Gasteiger partial charge in [-0.25, -0.2) is 9.37 Å². The molecule has 0 fully saturated rings. The first-order valence-electron chi connectivity index (χ1n) is 9.30. The van der Waals surface area contributed by atoms with Gasteiger partial charge in [0, 0.05) is 23.7 Å². The van der Waals surface area contributed by atoms with E-state index in [4.69, 9.17) is 0 Å². The van der Waals surface area contributed by atoms with E-state index in [1.807, 2.05) is 42.5 Å². The average molecular weight is 388 g/mol. The van der Waals surface area contributed by atoms with E-state index in [0.717, 1.165) is 27.9 Å². The van der Waals surface area contributed by atoms with Gasteiger partial charge in [-0.05, 0) is 54.4 Å². The Morgan fingerprint density at radius 2 is 1.79 bits per heavy atom. The van der Waals surface area contributed by atoms with E-state index >= 15 is 0 Å². The van der Waals surface area contributed by atoms with Crippen LogP contribution in [0.5, 0.6) is 0 Å². The zero-order valence-corrected chi connectivity index (χ0v) is 15.9. The Morgan fingerprint density at radius 3 is 2.55 bits per heavy atom. The van der Waals surface area contributed by atoms with Crippen molar-refractivity contribution < 1.29 is 9.50 Å². The SMILES string of the molecule is C[C@](O)(Cc1ccccc1)Nc1cc(-c2cn[nH]c2-c2ccc(F)cc2)ccn1. The van der Waals surface area contributed by atoms with E-state index in [0.29, 0.717) is 12.2 Å². The monoisotopic (exact) mass is 388 g/mol. The van der Waals surface area contributed by atoms with Crippen LogP contribution in [0.15, 0.2) is 79.1 Å². The van der Waals surface area contributed by atoms with Crippen LogP contribution in [0, 0.1) is 5.82 Å². The number of nitrogens with one attached hydrogen (secondary N) is 2. The lowest BCUT2D eigenvalue weighted by molar-refractivity contribution is 0.0903. The van der Waals surface area contributed by atoms with E-state index in [2.05, 4.69) is 20.5 Å². The van der Waals surface area contributed by atoms with Crippen molar-refractivity contribution in [3.05, 3.63) is 90.5 Å². The molecular weight excluding hydrogens is 367 g/mol. The van der Waals surface area contributed by atoms with E-state index < -0.39 is 5.72 Å². The van der Waals surface area contributed by atoms with E-state index in [9.17, 15) is 9.50 Å². The van der Waals surface area contributed by atoms with Crippen molar-refractivity contribution in [3.8, 4) is 22.4 Å². The second-order valence-corrected chi connectivity index (χ2v) is 7.16. The molecule has 146 valence electrons. The molecule has 2 heterocycles. The highest BCUT2D eigenvalue weighted by Gasteiger charge is 2.21. The number of aromatic nitrogens is 3. The summed E-state index contributed by atoms with van der Waals surface area (Å²) in [5.74, 6) is 0.264. The van der Waals surface area contributed by atoms with Crippen molar-refractivity contribution in [2.75, 3.05) is 5.32 Å². The van der Waals surface area contributed by atoms with Gasteiger partial charge in [-0.3, -0.25) is 5.10 Å². The van der Waals surface area contributed by atoms with Gasteiger partial charge in [0.1, 0.15) is 17.4 Å². The summed E-state index contributed by atoms with van der Waals surface area (Å²) in [4.78, 5) is 4.34. The number of H-pyrrole nitrogens is 1. The number of nitrogens with zero attached hydrogens (tertiary/aromatic N) is 2. The molecule has 4 rings (SSSR count). The molecule has 2 aromatic heterocycles. The fourth-order valence-corrected chi connectivity index (χ4v) is 3.32. The molecule has 4 aromatic rings. The van der Waals surface area contributed by atoms with Gasteiger partial charge in [-0.15, -0.1) is 0 Å². The minimum Gasteiger partial charge on any atom is -0.371 e. The smallest absolute Gasteiger partial charge is 0.137 e. The number of benzene rings is 2. The van der Waals surface area contributed by atoms with E-state index in [1.165, 1.54) is 12.1 Å². The predicted molar refractivity (Wildman–Crippen MR) is 112 cm³/mol. The minimum absolute atomic E-state index is 0.286. The fraction of sp³-hybridized carbons (Fsp3) is 0.130. The van der Waals surface area contributed by atoms with Gasteiger partial charge in [0.15, 0.2) is 0 Å². The number of rotatable bonds is 6. The van der Waals surface area contributed by atoms with E-state index in [-0.39, 0.29) is 5.82 Å². The van der Waals surface area contributed by atoms with Crippen LogP contribution in [0.1, 0.15) is 12.5 Å². The van der Waals surface area contributed by atoms with Crippen molar-refractivity contribution in [2.45, 2.75) is 19.1 Å². The van der Waals surface area contributed by atoms with Crippen LogP contribution in [0.25, 0.3) is 22.4 Å². The summed E-state index contributed by atoms with van der Waals surface area (Å²) in [6.45, 7) is 1.72. The first kappa shape index (κ1) is 18.8. The largest absolute Gasteiger partial charge is 0.371 e. The second kappa shape index (κ2) is 7.85. The molecular formula is C23H21FN4O. The Balaban J connectivity index is 1.58. The predicted octanol–water partition coefficient (Wildman–Crippen LogP) is 4.64. The molecule has 0 aliphatic carbocycles. The third-order valence-corrected chi connectivity index (χ3v) is 4.63. The number of hydrogen-bond donors (Lipinski definition) is 3. The van der Waals surface area contributed by atoms with Gasteiger partial charge in [-0.2, -0.15) is 5.10 Å². The Morgan fingerprint density at radius 1 is 1.03 bits per heavy atom. The van der Waals surface area contributed by atoms with Crippen molar-refractivity contribution in [1.82, 2.24) is 15.2 Å². The third kappa shape index (κ3) is 4.50. The van der Waals surface area contributed by atoms with Gasteiger partial charge in [-0.1, -0.05) is 30.3 Å². The van der Waals surface area contributed by atoms with Crippen molar-refractivity contribution in [3.63, 3.8) is 0 Å². The Labute approximate surface area is 168 Å². The highest BCUT2D eigenvalue weighted by Crippen LogP contribution is 2.31. The van der Waals surface area contributed by atoms with E-state index in [1.54, 1.807) is 31.5 Å². The maximum absolute atomic E-state index is 13.3. The van der Waals surface area contributed by atoms with Gasteiger partial charge in [0.2, 0.25) is 0 Å². The summed E-state index contributed by atoms with van der Waals surface area (Å²) < 4.78 is 13.3. The van der Waals surface area contributed by atoms with Crippen LogP contribution in [-0.2, 0) is 6.42 Å². The first-order chi connectivity index (χ1) is 14.0. The zero-order chi connectivity index (χ0) is 20.3. The molecule has 0 radical (unpaired) electrons. The second-order valence-electron chi connectivity index (χ2n) is 7.16. The molecule has 3 N–H and O–H groups in total. The van der Waals surface area contributed by atoms with Crippen molar-refractivity contribution in [2.24, 2.45) is 0 Å². The molecule has 5 nitrogen and oxygen atoms in total. The standard InChI is InChI=1S/C23H21FN4O/c1-23(29,14-16-5-3-2-4-6-16)27-21-13-18(11-12-25-21)20-15-26-28-22(20)17-7-9-19(24)10-8-17/h2-13,15,29H,14H2,1H3,(H,25,27)(H,26,28)/t23-/m0/s1. The molecule has 29 heavy (non-hydrogen) atoms. The normalized spacial score (nSPS) is 13.1. The summed E-state index contributed by atoms with van der Waals surface area (Å²) in [6.07, 6.45) is 3.84. The Kier molecular flexibility index (Phi) is 5.10. The van der Waals surface area contributed by atoms with Crippen LogP contribution in [-0.4, -0.2) is 26.0 Å². The number of aromatic amines is 1. The van der Waals surface area contributed by atoms with Crippen molar-refractivity contribution >= 4 is 5.82 Å². The zero-order valence-electron chi connectivity index (χ0n) is 15.9. The molecule has 6 heteroatoms. The minimum atomic E-state index is -1.16. The average Bonchev–Trinajstić information content (AvgIpc) is 3.19. The lowest BCUT2D eigenvalue weighted by Gasteiger charge is -2.25. The number of hydrogen-bond acceptors (Lipinski definition) is 4. The lowest BCUT2D eigenvalue weighted by atomic mass is 10.0. The highest BCUT2D eigenvalue weighted by molar-refractivity contribution is 5.81. The highest BCUT2D eigenvalue weighted by atomic mass is 19.1. The quantitative estimate of drug-likeness (QED) is 0.421. The summed E-state index contributed by atoms with van der Waals surface area (Å²) in [5, 5.41) is 21.0. The third-order valence-electron chi connectivity index (χ3n) is 4.63. The van der Waals surface area contributed by atoms with Gasteiger partial charge >= 0.3 is 0 Å².